The van der Waals surface area contributed by atoms with Gasteiger partial charge in [-0.3, -0.25) is 14.2 Å². The van der Waals surface area contributed by atoms with E-state index < -0.39 is 0 Å². The fraction of sp³-hybridized carbons (Fsp3) is 0.286. The Morgan fingerprint density at radius 1 is 1.26 bits per heavy atom. The van der Waals surface area contributed by atoms with Gasteiger partial charge in [0, 0.05) is 37.7 Å². The summed E-state index contributed by atoms with van der Waals surface area (Å²) in [6, 6.07) is 9.40. The predicted octanol–water partition coefficient (Wildman–Crippen LogP) is 2.02. The van der Waals surface area contributed by atoms with Crippen molar-refractivity contribution in [3.63, 3.8) is 0 Å². The minimum Gasteiger partial charge on any atom is -0.356 e. The van der Waals surface area contributed by atoms with E-state index in [1.165, 1.54) is 11.8 Å². The summed E-state index contributed by atoms with van der Waals surface area (Å²) in [7, 11) is 0. The second-order valence-electron chi connectivity index (χ2n) is 7.37. The molecule has 1 atom stereocenters. The van der Waals surface area contributed by atoms with Gasteiger partial charge in [-0.2, -0.15) is 5.10 Å². The predicted molar refractivity (Wildman–Crippen MR) is 117 cm³/mol. The molecule has 5 rings (SSSR count). The highest BCUT2D eigenvalue weighted by molar-refractivity contribution is 7.99. The van der Waals surface area contributed by atoms with Gasteiger partial charge in [-0.25, -0.2) is 14.6 Å². The molecule has 1 aliphatic heterocycles. The van der Waals surface area contributed by atoms with Gasteiger partial charge in [0.05, 0.1) is 24.3 Å². The largest absolute Gasteiger partial charge is 0.356 e. The Balaban J connectivity index is 1.30. The summed E-state index contributed by atoms with van der Waals surface area (Å²) in [5.41, 5.74) is 1.24. The third-order valence-corrected chi connectivity index (χ3v) is 6.36. The number of nitrogens with zero attached hydrogens (tertiary/aromatic N) is 6. The number of rotatable bonds is 7. The highest BCUT2D eigenvalue weighted by Crippen LogP contribution is 2.33. The highest BCUT2D eigenvalue weighted by atomic mass is 32.2. The molecule has 158 valence electrons. The number of fused-ring (bicyclic) bond motifs is 2. The zero-order valence-electron chi connectivity index (χ0n) is 16.7. The first-order chi connectivity index (χ1) is 15.2. The molecule has 31 heavy (non-hydrogen) atoms. The van der Waals surface area contributed by atoms with Gasteiger partial charge in [-0.15, -0.1) is 0 Å². The number of aryl methyl sites for hydroxylation is 1. The lowest BCUT2D eigenvalue weighted by atomic mass is 10.2. The topological polar surface area (TPSA) is 99.6 Å². The molecule has 1 N–H and O–H groups in total. The van der Waals surface area contributed by atoms with E-state index in [1.807, 2.05) is 41.1 Å². The van der Waals surface area contributed by atoms with Crippen LogP contribution >= 0.6 is 11.8 Å². The number of nitrogens with one attached hydrogen (secondary N) is 1. The smallest absolute Gasteiger partial charge is 0.265 e. The van der Waals surface area contributed by atoms with Crippen LogP contribution in [0.5, 0.6) is 0 Å². The van der Waals surface area contributed by atoms with Gasteiger partial charge in [-0.1, -0.05) is 30.0 Å². The van der Waals surface area contributed by atoms with Crippen LogP contribution in [0.1, 0.15) is 18.9 Å². The maximum Gasteiger partial charge on any atom is 0.265 e. The molecule has 0 saturated heterocycles. The molecule has 1 aliphatic rings. The number of carbonyl (C=O) groups excluding carboxylic acids is 1. The van der Waals surface area contributed by atoms with Crippen molar-refractivity contribution < 1.29 is 4.79 Å². The molecule has 9 nitrogen and oxygen atoms in total. The van der Waals surface area contributed by atoms with Crippen LogP contribution in [0.4, 0.5) is 0 Å². The van der Waals surface area contributed by atoms with Gasteiger partial charge in [0.1, 0.15) is 5.39 Å². The van der Waals surface area contributed by atoms with Crippen LogP contribution in [0.2, 0.25) is 0 Å². The fourth-order valence-electron chi connectivity index (χ4n) is 3.73. The number of hydrogen-bond acceptors (Lipinski definition) is 6. The van der Waals surface area contributed by atoms with Gasteiger partial charge in [0.25, 0.3) is 5.56 Å². The molecular weight excluding hydrogens is 414 g/mol. The molecule has 4 aromatic rings. The first-order valence-corrected chi connectivity index (χ1v) is 11.1. The summed E-state index contributed by atoms with van der Waals surface area (Å²) in [4.78, 5) is 34.3. The molecule has 10 heteroatoms. The highest BCUT2D eigenvalue weighted by Gasteiger charge is 2.29. The molecular formula is C21H21N7O2S. The van der Waals surface area contributed by atoms with Crippen LogP contribution in [0, 0.1) is 0 Å². The van der Waals surface area contributed by atoms with Crippen molar-refractivity contribution in [3.8, 4) is 5.69 Å². The zero-order chi connectivity index (χ0) is 21.2. The first-order valence-electron chi connectivity index (χ1n) is 10.1. The maximum atomic E-state index is 13.2. The van der Waals surface area contributed by atoms with Gasteiger partial charge in [0.2, 0.25) is 5.91 Å². The molecule has 1 aromatic carbocycles. The normalized spacial score (nSPS) is 15.3. The van der Waals surface area contributed by atoms with Crippen molar-refractivity contribution in [1.29, 1.82) is 0 Å². The van der Waals surface area contributed by atoms with Crippen LogP contribution in [0.15, 0.2) is 65.2 Å². The van der Waals surface area contributed by atoms with E-state index in [0.29, 0.717) is 28.5 Å². The summed E-state index contributed by atoms with van der Waals surface area (Å²) < 4.78 is 5.30. The van der Waals surface area contributed by atoms with Crippen molar-refractivity contribution in [2.75, 3.05) is 12.3 Å². The van der Waals surface area contributed by atoms with Crippen LogP contribution < -0.4 is 10.9 Å². The molecule has 3 aromatic heterocycles. The van der Waals surface area contributed by atoms with Gasteiger partial charge >= 0.3 is 0 Å². The molecule has 4 heterocycles. The third-order valence-electron chi connectivity index (χ3n) is 5.27. The third kappa shape index (κ3) is 3.86. The van der Waals surface area contributed by atoms with E-state index in [0.717, 1.165) is 18.7 Å². The van der Waals surface area contributed by atoms with E-state index >= 15 is 0 Å². The minimum atomic E-state index is -0.210. The first kappa shape index (κ1) is 19.6. The molecule has 0 fully saturated rings. The van der Waals surface area contributed by atoms with Gasteiger partial charge < -0.3 is 9.88 Å². The second-order valence-corrected chi connectivity index (χ2v) is 8.36. The van der Waals surface area contributed by atoms with E-state index in [1.54, 1.807) is 28.0 Å². The summed E-state index contributed by atoms with van der Waals surface area (Å²) in [5, 5.41) is 8.41. The fourth-order valence-corrected chi connectivity index (χ4v) is 4.86. The Hall–Kier alpha value is -3.40. The average Bonchev–Trinajstić information content (AvgIpc) is 3.53. The number of para-hydroxylation sites is 1. The number of carbonyl (C=O) groups is 1. The average molecular weight is 436 g/mol. The Bertz CT molecular complexity index is 1260. The van der Waals surface area contributed by atoms with Crippen LogP contribution in [-0.2, 0) is 11.3 Å². The van der Waals surface area contributed by atoms with Crippen molar-refractivity contribution in [2.45, 2.75) is 30.6 Å². The Kier molecular flexibility index (Phi) is 5.29. The van der Waals surface area contributed by atoms with Crippen molar-refractivity contribution in [1.82, 2.24) is 34.2 Å². The summed E-state index contributed by atoms with van der Waals surface area (Å²) >= 11 is 1.50. The molecule has 1 amide bonds. The Labute approximate surface area is 182 Å². The van der Waals surface area contributed by atoms with Crippen molar-refractivity contribution in [2.24, 2.45) is 0 Å². The monoisotopic (exact) mass is 435 g/mol. The van der Waals surface area contributed by atoms with Gasteiger partial charge in [-0.05, 0) is 18.6 Å². The lowest BCUT2D eigenvalue weighted by molar-refractivity contribution is -0.121. The second kappa shape index (κ2) is 8.38. The Morgan fingerprint density at radius 2 is 2.13 bits per heavy atom. The quantitative estimate of drug-likeness (QED) is 0.352. The van der Waals surface area contributed by atoms with E-state index in [4.69, 9.17) is 4.98 Å². The number of amides is 1. The van der Waals surface area contributed by atoms with E-state index in [9.17, 15) is 9.59 Å². The number of hydrogen-bond donors (Lipinski definition) is 1. The SMILES string of the molecule is O=C(C[C@H]1CSc2nc3c(cnn3-c3ccccc3)c(=O)n21)NCCCn1ccnc1. The molecule has 0 unspecified atom stereocenters. The summed E-state index contributed by atoms with van der Waals surface area (Å²) in [6.45, 7) is 1.38. The Morgan fingerprint density at radius 3 is 2.94 bits per heavy atom. The van der Waals surface area contributed by atoms with Crippen LogP contribution in [-0.4, -0.2) is 47.1 Å². The zero-order valence-corrected chi connectivity index (χ0v) is 17.5. The van der Waals surface area contributed by atoms with E-state index in [-0.39, 0.29) is 23.9 Å². The summed E-state index contributed by atoms with van der Waals surface area (Å²) in [5.74, 6) is 0.590. The molecule has 0 spiro atoms. The molecule has 0 bridgehead atoms. The van der Waals surface area contributed by atoms with Crippen molar-refractivity contribution >= 4 is 28.7 Å². The standard InChI is InChI=1S/C21H21N7O2S/c29-18(23-7-4-9-26-10-8-22-14-26)11-16-13-31-21-25-19-17(20(30)27(16)21)12-24-28(19)15-5-2-1-3-6-15/h1-3,5-6,8,10,12,14,16H,4,7,9,11,13H2,(H,23,29)/t16-/m0/s1. The lowest BCUT2D eigenvalue weighted by Crippen LogP contribution is -2.31. The van der Waals surface area contributed by atoms with Crippen molar-refractivity contribution in [3.05, 3.63) is 65.6 Å². The van der Waals surface area contributed by atoms with E-state index in [2.05, 4.69) is 15.4 Å². The summed E-state index contributed by atoms with van der Waals surface area (Å²) in [6.07, 6.45) is 8.02. The molecule has 0 aliphatic carbocycles. The number of benzene rings is 1. The molecule has 0 radical (unpaired) electrons. The number of imidazole rings is 1. The molecule has 0 saturated carbocycles. The maximum absolute atomic E-state index is 13.2. The van der Waals surface area contributed by atoms with Crippen LogP contribution in [0.3, 0.4) is 0 Å². The van der Waals surface area contributed by atoms with Crippen LogP contribution in [0.25, 0.3) is 16.7 Å². The number of aromatic nitrogens is 6. The van der Waals surface area contributed by atoms with Gasteiger partial charge in [0.15, 0.2) is 10.8 Å². The minimum absolute atomic E-state index is 0.0592. The lowest BCUT2D eigenvalue weighted by Gasteiger charge is -2.13. The number of thioether (sulfide) groups is 1.